The molecule has 0 saturated carbocycles. The Balaban J connectivity index is 2.13. The van der Waals surface area contributed by atoms with Gasteiger partial charge in [0.1, 0.15) is 12.6 Å². The van der Waals surface area contributed by atoms with Crippen LogP contribution < -0.4 is 0 Å². The van der Waals surface area contributed by atoms with Crippen molar-refractivity contribution in [1.29, 1.82) is 0 Å². The molecule has 4 heteroatoms. The minimum Gasteiger partial charge on any atom is -0.298 e. The zero-order valence-corrected chi connectivity index (χ0v) is 9.48. The Labute approximate surface area is 104 Å². The van der Waals surface area contributed by atoms with Gasteiger partial charge < -0.3 is 0 Å². The number of carbonyl (C=O) groups is 2. The first-order valence-corrected chi connectivity index (χ1v) is 5.34. The predicted molar refractivity (Wildman–Crippen MR) is 67.8 cm³/mol. The fraction of sp³-hybridized carbons (Fsp3) is 0. The maximum Gasteiger partial charge on any atom is 0.150 e. The van der Waals surface area contributed by atoms with Gasteiger partial charge in [-0.05, 0) is 48.5 Å². The molecule has 0 bridgehead atoms. The second-order valence-corrected chi connectivity index (χ2v) is 3.62. The molecular weight excluding hydrogens is 228 g/mol. The SMILES string of the molecule is O=Cc1ccc(N=Nc2ccc(C=O)cc2)cc1. The van der Waals surface area contributed by atoms with Crippen LogP contribution in [0, 0.1) is 0 Å². The average Bonchev–Trinajstić information content (AvgIpc) is 2.46. The second kappa shape index (κ2) is 5.63. The van der Waals surface area contributed by atoms with Crippen molar-refractivity contribution in [3.63, 3.8) is 0 Å². The van der Waals surface area contributed by atoms with E-state index in [0.29, 0.717) is 22.5 Å². The van der Waals surface area contributed by atoms with Gasteiger partial charge in [0, 0.05) is 11.1 Å². The first-order valence-electron chi connectivity index (χ1n) is 5.34. The van der Waals surface area contributed by atoms with Crippen LogP contribution in [0.2, 0.25) is 0 Å². The highest BCUT2D eigenvalue weighted by Gasteiger charge is 1.93. The molecule has 0 atom stereocenters. The second-order valence-electron chi connectivity index (χ2n) is 3.62. The summed E-state index contributed by atoms with van der Waals surface area (Å²) in [5.74, 6) is 0. The Morgan fingerprint density at radius 2 is 0.944 bits per heavy atom. The van der Waals surface area contributed by atoms with E-state index in [2.05, 4.69) is 10.2 Å². The molecule has 0 amide bonds. The van der Waals surface area contributed by atoms with E-state index < -0.39 is 0 Å². The van der Waals surface area contributed by atoms with Gasteiger partial charge in [-0.15, -0.1) is 0 Å². The van der Waals surface area contributed by atoms with Crippen molar-refractivity contribution in [1.82, 2.24) is 0 Å². The van der Waals surface area contributed by atoms with E-state index in [1.807, 2.05) is 0 Å². The van der Waals surface area contributed by atoms with E-state index >= 15 is 0 Å². The monoisotopic (exact) mass is 238 g/mol. The molecule has 0 N–H and O–H groups in total. The number of aldehydes is 2. The standard InChI is InChI=1S/C14H10N2O2/c17-9-11-1-5-13(6-2-11)15-16-14-7-3-12(10-18)4-8-14/h1-10H. The number of hydrogen-bond donors (Lipinski definition) is 0. The smallest absolute Gasteiger partial charge is 0.150 e. The van der Waals surface area contributed by atoms with Crippen LogP contribution in [-0.2, 0) is 0 Å². The molecular formula is C14H10N2O2. The van der Waals surface area contributed by atoms with Crippen LogP contribution in [0.1, 0.15) is 20.7 Å². The number of benzene rings is 2. The van der Waals surface area contributed by atoms with Gasteiger partial charge in [-0.2, -0.15) is 10.2 Å². The summed E-state index contributed by atoms with van der Waals surface area (Å²) in [4.78, 5) is 20.9. The molecule has 88 valence electrons. The molecule has 0 aliphatic rings. The number of nitrogens with zero attached hydrogens (tertiary/aromatic N) is 2. The number of azo groups is 1. The van der Waals surface area contributed by atoms with Crippen molar-refractivity contribution in [2.75, 3.05) is 0 Å². The zero-order chi connectivity index (χ0) is 12.8. The van der Waals surface area contributed by atoms with Gasteiger partial charge in [0.05, 0.1) is 11.4 Å². The quantitative estimate of drug-likeness (QED) is 0.602. The third kappa shape index (κ3) is 2.95. The normalized spacial score (nSPS) is 10.4. The van der Waals surface area contributed by atoms with Gasteiger partial charge in [-0.3, -0.25) is 9.59 Å². The molecule has 0 aliphatic carbocycles. The maximum atomic E-state index is 10.5. The summed E-state index contributed by atoms with van der Waals surface area (Å²) in [6.45, 7) is 0. The lowest BCUT2D eigenvalue weighted by Gasteiger charge is -1.94. The van der Waals surface area contributed by atoms with Crippen LogP contribution in [0.3, 0.4) is 0 Å². The van der Waals surface area contributed by atoms with E-state index in [1.165, 1.54) is 0 Å². The van der Waals surface area contributed by atoms with Crippen molar-refractivity contribution in [3.05, 3.63) is 59.7 Å². The van der Waals surface area contributed by atoms with Crippen molar-refractivity contribution >= 4 is 23.9 Å². The number of rotatable bonds is 4. The van der Waals surface area contributed by atoms with Gasteiger partial charge >= 0.3 is 0 Å². The van der Waals surface area contributed by atoms with Crippen LogP contribution >= 0.6 is 0 Å². The lowest BCUT2D eigenvalue weighted by molar-refractivity contribution is 0.111. The molecule has 2 aromatic rings. The zero-order valence-electron chi connectivity index (χ0n) is 9.48. The highest BCUT2D eigenvalue weighted by Crippen LogP contribution is 2.18. The van der Waals surface area contributed by atoms with E-state index in [-0.39, 0.29) is 0 Å². The summed E-state index contributed by atoms with van der Waals surface area (Å²) in [6, 6.07) is 13.6. The molecule has 0 aliphatic heterocycles. The highest BCUT2D eigenvalue weighted by molar-refractivity contribution is 5.75. The summed E-state index contributed by atoms with van der Waals surface area (Å²) in [6.07, 6.45) is 1.55. The fourth-order valence-corrected chi connectivity index (χ4v) is 1.35. The van der Waals surface area contributed by atoms with Gasteiger partial charge in [0.2, 0.25) is 0 Å². The van der Waals surface area contributed by atoms with Gasteiger partial charge in [0.15, 0.2) is 0 Å². The number of hydrogen-bond acceptors (Lipinski definition) is 4. The third-order valence-electron chi connectivity index (χ3n) is 2.34. The van der Waals surface area contributed by atoms with E-state index in [9.17, 15) is 9.59 Å². The Morgan fingerprint density at radius 3 is 1.22 bits per heavy atom. The minimum atomic E-state index is 0.601. The summed E-state index contributed by atoms with van der Waals surface area (Å²) in [5.41, 5.74) is 2.54. The van der Waals surface area contributed by atoms with E-state index in [1.54, 1.807) is 48.5 Å². The Morgan fingerprint density at radius 1 is 0.611 bits per heavy atom. The first kappa shape index (κ1) is 11.9. The van der Waals surface area contributed by atoms with E-state index in [0.717, 1.165) is 12.6 Å². The van der Waals surface area contributed by atoms with Crippen molar-refractivity contribution in [2.24, 2.45) is 10.2 Å². The molecule has 0 fully saturated rings. The Kier molecular flexibility index (Phi) is 3.71. The Hall–Kier alpha value is -2.62. The van der Waals surface area contributed by atoms with Gasteiger partial charge in [-0.25, -0.2) is 0 Å². The van der Waals surface area contributed by atoms with Gasteiger partial charge in [0.25, 0.3) is 0 Å². The van der Waals surface area contributed by atoms with Gasteiger partial charge in [-0.1, -0.05) is 0 Å². The summed E-state index contributed by atoms with van der Waals surface area (Å²) in [7, 11) is 0. The molecule has 2 aromatic carbocycles. The van der Waals surface area contributed by atoms with Crippen molar-refractivity contribution < 1.29 is 9.59 Å². The maximum absolute atomic E-state index is 10.5. The van der Waals surface area contributed by atoms with Crippen LogP contribution in [0.4, 0.5) is 11.4 Å². The van der Waals surface area contributed by atoms with Crippen LogP contribution in [0.15, 0.2) is 58.8 Å². The molecule has 4 nitrogen and oxygen atoms in total. The molecule has 0 saturated heterocycles. The minimum absolute atomic E-state index is 0.601. The number of carbonyl (C=O) groups excluding carboxylic acids is 2. The molecule has 0 aromatic heterocycles. The summed E-state index contributed by atoms with van der Waals surface area (Å²) >= 11 is 0. The molecule has 0 unspecified atom stereocenters. The van der Waals surface area contributed by atoms with Crippen LogP contribution in [0.5, 0.6) is 0 Å². The Bertz CT molecular complexity index is 518. The topological polar surface area (TPSA) is 58.9 Å². The largest absolute Gasteiger partial charge is 0.298 e. The van der Waals surface area contributed by atoms with E-state index in [4.69, 9.17) is 0 Å². The van der Waals surface area contributed by atoms with Crippen LogP contribution in [-0.4, -0.2) is 12.6 Å². The average molecular weight is 238 g/mol. The molecule has 0 heterocycles. The lowest BCUT2D eigenvalue weighted by atomic mass is 10.2. The highest BCUT2D eigenvalue weighted by atomic mass is 16.1. The predicted octanol–water partition coefficient (Wildman–Crippen LogP) is 3.73. The van der Waals surface area contributed by atoms with Crippen LogP contribution in [0.25, 0.3) is 0 Å². The fourth-order valence-electron chi connectivity index (χ4n) is 1.35. The summed E-state index contributed by atoms with van der Waals surface area (Å²) < 4.78 is 0. The van der Waals surface area contributed by atoms with Crippen molar-refractivity contribution in [3.8, 4) is 0 Å². The van der Waals surface area contributed by atoms with Crippen molar-refractivity contribution in [2.45, 2.75) is 0 Å². The molecule has 0 spiro atoms. The lowest BCUT2D eigenvalue weighted by Crippen LogP contribution is -1.76. The summed E-state index contributed by atoms with van der Waals surface area (Å²) in [5, 5.41) is 8.06. The molecule has 0 radical (unpaired) electrons. The molecule has 18 heavy (non-hydrogen) atoms. The first-order chi connectivity index (χ1) is 8.81. The third-order valence-corrected chi connectivity index (χ3v) is 2.34. The molecule has 2 rings (SSSR count).